The van der Waals surface area contributed by atoms with Crippen LogP contribution in [0.3, 0.4) is 0 Å². The summed E-state index contributed by atoms with van der Waals surface area (Å²) < 4.78 is 1.81. The van der Waals surface area contributed by atoms with E-state index in [4.69, 9.17) is 0 Å². The van der Waals surface area contributed by atoms with Gasteiger partial charge in [0.1, 0.15) is 0 Å². The molecule has 0 aromatic heterocycles. The van der Waals surface area contributed by atoms with Crippen molar-refractivity contribution >= 4 is 24.8 Å². The van der Waals surface area contributed by atoms with Crippen LogP contribution in [0.1, 0.15) is 97.6 Å². The molecule has 0 atom stereocenters. The number of benzene rings is 2. The van der Waals surface area contributed by atoms with E-state index in [9.17, 15) is 0 Å². The minimum absolute atomic E-state index is 0. The van der Waals surface area contributed by atoms with Crippen molar-refractivity contribution in [2.45, 2.75) is 97.3 Å². The molecule has 0 spiro atoms. The van der Waals surface area contributed by atoms with Crippen LogP contribution in [0.5, 0.6) is 0 Å². The molecule has 0 N–H and O–H groups in total. The van der Waals surface area contributed by atoms with Crippen molar-refractivity contribution in [1.82, 2.24) is 0 Å². The molecule has 0 amide bonds. The van der Waals surface area contributed by atoms with Crippen molar-refractivity contribution in [3.63, 3.8) is 0 Å². The quantitative estimate of drug-likeness (QED) is 0.250. The first-order valence-electron chi connectivity index (χ1n) is 13.0. The molecule has 2 aliphatic rings. The Hall–Kier alpha value is -0.497. The van der Waals surface area contributed by atoms with Crippen LogP contribution in [0, 0.1) is 6.08 Å². The molecule has 36 heavy (non-hydrogen) atoms. The fourth-order valence-electron chi connectivity index (χ4n) is 4.43. The van der Waals surface area contributed by atoms with Gasteiger partial charge >= 0.3 is 66.0 Å². The standard InChI is InChI=1S/C21H25.C7H12.C5H5.2BrH.Zr/c1-20(2,3)16-9-7-14-11-15-8-10-17(21(4,5)6)13-19(15)18(14)12-16;1-2-4-6-7-5-3-1;1-2-4-5-3-1;;;/h7-13H,1-6H3;1-6H2;1-3H,4H2;2*1H;/q-1;;-1;;;+2/p-2. The van der Waals surface area contributed by atoms with E-state index in [2.05, 4.69) is 96.2 Å². The normalized spacial score (nSPS) is 15.3. The van der Waals surface area contributed by atoms with Gasteiger partial charge in [-0.3, -0.25) is 6.08 Å². The SMILES string of the molecule is CC(C)(C)c1ccc2[cH-]c3ccc(C(C)(C)C)cc3c2c1.[Br-].[Br-].[C-]1=CC=CC1.[Zr+2]=[C]1CCCCCC1. The summed E-state index contributed by atoms with van der Waals surface area (Å²) in [6.07, 6.45) is 18.8. The van der Waals surface area contributed by atoms with Crippen molar-refractivity contribution in [2.24, 2.45) is 0 Å². The molecule has 0 nitrogen and oxygen atoms in total. The van der Waals surface area contributed by atoms with Gasteiger partial charge in [0, 0.05) is 0 Å². The van der Waals surface area contributed by atoms with Crippen LogP contribution in [-0.2, 0) is 35.1 Å². The molecule has 1 fully saturated rings. The summed E-state index contributed by atoms with van der Waals surface area (Å²) in [5.74, 6) is 0. The van der Waals surface area contributed by atoms with Gasteiger partial charge in [-0.05, 0) is 10.8 Å². The molecule has 1 saturated carbocycles. The number of rotatable bonds is 0. The van der Waals surface area contributed by atoms with E-state index < -0.39 is 0 Å². The Morgan fingerprint density at radius 2 is 1.19 bits per heavy atom. The van der Waals surface area contributed by atoms with E-state index in [0.717, 1.165) is 6.42 Å². The third kappa shape index (κ3) is 10.00. The van der Waals surface area contributed by atoms with Crippen molar-refractivity contribution < 1.29 is 58.2 Å². The van der Waals surface area contributed by atoms with Crippen LogP contribution in [0.15, 0.2) is 60.7 Å². The Kier molecular flexibility index (Phi) is 14.1. The van der Waals surface area contributed by atoms with Crippen molar-refractivity contribution in [3.05, 3.63) is 77.9 Å². The minimum atomic E-state index is 0. The summed E-state index contributed by atoms with van der Waals surface area (Å²) in [5.41, 5.74) is 3.20. The van der Waals surface area contributed by atoms with E-state index >= 15 is 0 Å². The summed E-state index contributed by atoms with van der Waals surface area (Å²) in [5, 5.41) is 5.49. The van der Waals surface area contributed by atoms with E-state index in [1.807, 2.05) is 15.4 Å². The van der Waals surface area contributed by atoms with Gasteiger partial charge in [0.15, 0.2) is 0 Å². The first-order valence-corrected chi connectivity index (χ1v) is 14.2. The zero-order valence-electron chi connectivity index (χ0n) is 23.0. The number of allylic oxidation sites excluding steroid dienone is 4. The average molecular weight is 690 g/mol. The first-order chi connectivity index (χ1) is 16.1. The van der Waals surface area contributed by atoms with Gasteiger partial charge in [-0.15, -0.1) is 46.2 Å². The van der Waals surface area contributed by atoms with Crippen LogP contribution in [0.2, 0.25) is 0 Å². The van der Waals surface area contributed by atoms with E-state index in [1.165, 1.54) is 71.2 Å². The van der Waals surface area contributed by atoms with Gasteiger partial charge in [-0.1, -0.05) is 76.9 Å². The van der Waals surface area contributed by atoms with Gasteiger partial charge in [-0.2, -0.15) is 6.08 Å². The maximum absolute atomic E-state index is 2.99. The number of fused-ring (bicyclic) bond motifs is 3. The van der Waals surface area contributed by atoms with Crippen molar-refractivity contribution in [1.29, 1.82) is 0 Å². The van der Waals surface area contributed by atoms with Gasteiger partial charge in [0.25, 0.3) is 0 Å². The molecule has 0 radical (unpaired) electrons. The third-order valence-electron chi connectivity index (χ3n) is 6.73. The zero-order valence-corrected chi connectivity index (χ0v) is 28.6. The topological polar surface area (TPSA) is 0 Å². The zero-order chi connectivity index (χ0) is 24.8. The fraction of sp³-hybridized carbons (Fsp3) is 0.455. The molecule has 0 heterocycles. The summed E-state index contributed by atoms with van der Waals surface area (Å²) >= 11 is 1.69. The second-order valence-corrected chi connectivity index (χ2v) is 13.5. The average Bonchev–Trinajstić information content (AvgIpc) is 3.41. The molecule has 3 heteroatoms. The van der Waals surface area contributed by atoms with E-state index in [1.54, 1.807) is 24.2 Å². The Bertz CT molecular complexity index is 1080. The molecular formula is C33H42Br2Zr-2. The second kappa shape index (κ2) is 15.2. The Morgan fingerprint density at radius 1 is 0.722 bits per heavy atom. The van der Waals surface area contributed by atoms with Crippen LogP contribution in [-0.4, -0.2) is 3.21 Å². The third-order valence-corrected chi connectivity index (χ3v) is 7.96. The van der Waals surface area contributed by atoms with Crippen LogP contribution in [0.25, 0.3) is 21.5 Å². The van der Waals surface area contributed by atoms with E-state index in [-0.39, 0.29) is 44.8 Å². The molecule has 2 aliphatic carbocycles. The van der Waals surface area contributed by atoms with Crippen LogP contribution < -0.4 is 34.0 Å². The molecule has 3 aromatic rings. The molecule has 3 aromatic carbocycles. The Morgan fingerprint density at radius 3 is 1.53 bits per heavy atom. The van der Waals surface area contributed by atoms with Crippen molar-refractivity contribution in [3.8, 4) is 0 Å². The first kappa shape index (κ1) is 33.5. The predicted octanol–water partition coefficient (Wildman–Crippen LogP) is 3.68. The molecule has 0 aliphatic heterocycles. The monoisotopic (exact) mass is 686 g/mol. The molecule has 0 bridgehead atoms. The van der Waals surface area contributed by atoms with Gasteiger partial charge in [-0.25, -0.2) is 12.2 Å². The number of halogens is 2. The maximum atomic E-state index is 2.99. The molecule has 194 valence electrons. The summed E-state index contributed by atoms with van der Waals surface area (Å²) in [7, 11) is 0. The molecular weight excluding hydrogens is 647 g/mol. The van der Waals surface area contributed by atoms with Gasteiger partial charge < -0.3 is 34.0 Å². The van der Waals surface area contributed by atoms with Crippen LogP contribution in [0.4, 0.5) is 0 Å². The summed E-state index contributed by atoms with van der Waals surface area (Å²) in [4.78, 5) is 0. The number of hydrogen-bond donors (Lipinski definition) is 0. The number of hydrogen-bond acceptors (Lipinski definition) is 0. The summed E-state index contributed by atoms with van der Waals surface area (Å²) in [6.45, 7) is 13.7. The fourth-order valence-corrected chi connectivity index (χ4v) is 5.30. The summed E-state index contributed by atoms with van der Waals surface area (Å²) in [6, 6.07) is 16.1. The Balaban J connectivity index is 0.000000356. The molecule has 0 unspecified atom stereocenters. The van der Waals surface area contributed by atoms with Gasteiger partial charge in [0.2, 0.25) is 0 Å². The van der Waals surface area contributed by atoms with Gasteiger partial charge in [0.05, 0.1) is 0 Å². The van der Waals surface area contributed by atoms with Crippen LogP contribution >= 0.6 is 0 Å². The van der Waals surface area contributed by atoms with Crippen molar-refractivity contribution in [2.75, 3.05) is 0 Å². The Labute approximate surface area is 256 Å². The second-order valence-electron chi connectivity index (χ2n) is 11.8. The molecule has 5 rings (SSSR count). The van der Waals surface area contributed by atoms with E-state index in [0.29, 0.717) is 0 Å². The predicted molar refractivity (Wildman–Crippen MR) is 149 cm³/mol. The molecule has 0 saturated heterocycles.